The molecule has 1 aromatic carbocycles. The van der Waals surface area contributed by atoms with Gasteiger partial charge in [-0.1, -0.05) is 18.2 Å². The Morgan fingerprint density at radius 1 is 1.33 bits per heavy atom. The highest BCUT2D eigenvalue weighted by Crippen LogP contribution is 2.32. The molecule has 1 aliphatic heterocycles. The van der Waals surface area contributed by atoms with Crippen LogP contribution in [0.15, 0.2) is 30.3 Å². The fourth-order valence-electron chi connectivity index (χ4n) is 3.09. The van der Waals surface area contributed by atoms with E-state index in [1.807, 2.05) is 6.92 Å². The number of halogens is 3. The summed E-state index contributed by atoms with van der Waals surface area (Å²) in [7, 11) is 1.71. The molecule has 1 aliphatic rings. The van der Waals surface area contributed by atoms with Crippen molar-refractivity contribution in [1.29, 1.82) is 0 Å². The second-order valence-corrected chi connectivity index (χ2v) is 6.60. The molecular formula is C18H19F3N4O2. The Balaban J connectivity index is 1.67. The number of alkyl halides is 3. The number of nitrogens with zero attached hydrogens (tertiary/aromatic N) is 3. The first-order chi connectivity index (χ1) is 12.6. The zero-order valence-corrected chi connectivity index (χ0v) is 14.9. The number of nitrogens with one attached hydrogen (secondary N) is 1. The van der Waals surface area contributed by atoms with Crippen molar-refractivity contribution in [2.75, 3.05) is 6.54 Å². The molecule has 6 nitrogen and oxygen atoms in total. The quantitative estimate of drug-likeness (QED) is 0.885. The average molecular weight is 380 g/mol. The van der Waals surface area contributed by atoms with Crippen LogP contribution in [0.3, 0.4) is 0 Å². The molecule has 1 N–H and O–H groups in total. The molecular weight excluding hydrogens is 361 g/mol. The van der Waals surface area contributed by atoms with E-state index < -0.39 is 23.7 Å². The van der Waals surface area contributed by atoms with Crippen LogP contribution in [0.1, 0.15) is 33.7 Å². The Bertz CT molecular complexity index is 856. The van der Waals surface area contributed by atoms with Gasteiger partial charge >= 0.3 is 6.18 Å². The number of carbonyl (C=O) groups is 2. The summed E-state index contributed by atoms with van der Waals surface area (Å²) >= 11 is 0. The highest BCUT2D eigenvalue weighted by Gasteiger charge is 2.36. The lowest BCUT2D eigenvalue weighted by atomic mass is 10.1. The molecule has 0 saturated carbocycles. The van der Waals surface area contributed by atoms with Crippen LogP contribution in [0.25, 0.3) is 0 Å². The molecule has 1 unspecified atom stereocenters. The van der Waals surface area contributed by atoms with Crippen molar-refractivity contribution in [3.05, 3.63) is 52.8 Å². The van der Waals surface area contributed by atoms with E-state index in [9.17, 15) is 22.8 Å². The summed E-state index contributed by atoms with van der Waals surface area (Å²) in [5.74, 6) is -0.705. The molecule has 0 radical (unpaired) electrons. The molecule has 1 atom stereocenters. The Morgan fingerprint density at radius 2 is 2.04 bits per heavy atom. The SMILES string of the molecule is Cc1cc(C(=O)NC2CC(=O)N(Cc3ccccc3C(F)(F)F)C2)nn1C. The predicted molar refractivity (Wildman–Crippen MR) is 90.7 cm³/mol. The fourth-order valence-corrected chi connectivity index (χ4v) is 3.09. The zero-order chi connectivity index (χ0) is 19.8. The number of aromatic nitrogens is 2. The standard InChI is InChI=1S/C18H19F3N4O2/c1-11-7-15(23-24(11)2)17(27)22-13-8-16(26)25(10-13)9-12-5-3-4-6-14(12)18(19,20)21/h3-7,13H,8-10H2,1-2H3,(H,22,27). The van der Waals surface area contributed by atoms with Gasteiger partial charge in [0.15, 0.2) is 0 Å². The maximum atomic E-state index is 13.1. The monoisotopic (exact) mass is 380 g/mol. The molecule has 9 heteroatoms. The minimum atomic E-state index is -4.48. The zero-order valence-electron chi connectivity index (χ0n) is 14.9. The molecule has 2 amide bonds. The summed E-state index contributed by atoms with van der Waals surface area (Å²) in [5, 5.41) is 6.80. The molecule has 144 valence electrons. The van der Waals surface area contributed by atoms with Gasteiger partial charge in [-0.2, -0.15) is 18.3 Å². The smallest absolute Gasteiger partial charge is 0.346 e. The van der Waals surface area contributed by atoms with E-state index in [4.69, 9.17) is 0 Å². The Labute approximate surface area is 154 Å². The van der Waals surface area contributed by atoms with Gasteiger partial charge in [-0.05, 0) is 24.6 Å². The van der Waals surface area contributed by atoms with Gasteiger partial charge in [0.25, 0.3) is 5.91 Å². The van der Waals surface area contributed by atoms with Gasteiger partial charge in [0.05, 0.1) is 11.6 Å². The van der Waals surface area contributed by atoms with Crippen LogP contribution in [-0.4, -0.2) is 39.1 Å². The normalized spacial score (nSPS) is 17.4. The van der Waals surface area contributed by atoms with Gasteiger partial charge in [-0.3, -0.25) is 14.3 Å². The molecule has 1 saturated heterocycles. The lowest BCUT2D eigenvalue weighted by Crippen LogP contribution is -2.37. The predicted octanol–water partition coefficient (Wildman–Crippen LogP) is 2.28. The lowest BCUT2D eigenvalue weighted by Gasteiger charge is -2.20. The van der Waals surface area contributed by atoms with Crippen LogP contribution >= 0.6 is 0 Å². The molecule has 1 fully saturated rings. The van der Waals surface area contributed by atoms with Gasteiger partial charge in [0.2, 0.25) is 5.91 Å². The second kappa shape index (κ2) is 7.05. The number of rotatable bonds is 4. The maximum Gasteiger partial charge on any atom is 0.416 e. The fraction of sp³-hybridized carbons (Fsp3) is 0.389. The molecule has 3 rings (SSSR count). The van der Waals surface area contributed by atoms with Crippen LogP contribution in [0.4, 0.5) is 13.2 Å². The molecule has 0 spiro atoms. The number of carbonyl (C=O) groups excluding carboxylic acids is 2. The minimum Gasteiger partial charge on any atom is -0.346 e. The molecule has 2 aromatic rings. The van der Waals surface area contributed by atoms with Crippen LogP contribution in [0, 0.1) is 6.92 Å². The van der Waals surface area contributed by atoms with Crippen molar-refractivity contribution in [1.82, 2.24) is 20.0 Å². The van der Waals surface area contributed by atoms with E-state index in [2.05, 4.69) is 10.4 Å². The number of benzene rings is 1. The lowest BCUT2D eigenvalue weighted by molar-refractivity contribution is -0.139. The van der Waals surface area contributed by atoms with Crippen LogP contribution < -0.4 is 5.32 Å². The third-order valence-corrected chi connectivity index (χ3v) is 4.58. The molecule has 1 aromatic heterocycles. The van der Waals surface area contributed by atoms with Gasteiger partial charge in [-0.25, -0.2) is 0 Å². The summed E-state index contributed by atoms with van der Waals surface area (Å²) in [4.78, 5) is 25.8. The van der Waals surface area contributed by atoms with E-state index in [0.29, 0.717) is 0 Å². The first-order valence-electron chi connectivity index (χ1n) is 8.39. The molecule has 27 heavy (non-hydrogen) atoms. The molecule has 0 aliphatic carbocycles. The summed E-state index contributed by atoms with van der Waals surface area (Å²) in [5.41, 5.74) is 0.330. The van der Waals surface area contributed by atoms with Crippen molar-refractivity contribution in [2.24, 2.45) is 7.05 Å². The largest absolute Gasteiger partial charge is 0.416 e. The van der Waals surface area contributed by atoms with E-state index >= 15 is 0 Å². The van der Waals surface area contributed by atoms with Gasteiger partial charge < -0.3 is 10.2 Å². The highest BCUT2D eigenvalue weighted by atomic mass is 19.4. The van der Waals surface area contributed by atoms with Gasteiger partial charge in [-0.15, -0.1) is 0 Å². The molecule has 0 bridgehead atoms. The summed E-state index contributed by atoms with van der Waals surface area (Å²) in [6, 6.07) is 6.34. The van der Waals surface area contributed by atoms with E-state index in [0.717, 1.165) is 11.8 Å². The summed E-state index contributed by atoms with van der Waals surface area (Å²) in [6.07, 6.45) is -4.43. The highest BCUT2D eigenvalue weighted by molar-refractivity contribution is 5.93. The Kier molecular flexibility index (Phi) is 4.95. The van der Waals surface area contributed by atoms with Gasteiger partial charge in [0.1, 0.15) is 5.69 Å². The molecule has 2 heterocycles. The van der Waals surface area contributed by atoms with Crippen molar-refractivity contribution in [2.45, 2.75) is 32.1 Å². The maximum absolute atomic E-state index is 13.1. The second-order valence-electron chi connectivity index (χ2n) is 6.60. The summed E-state index contributed by atoms with van der Waals surface area (Å²) in [6.45, 7) is 1.81. The van der Waals surface area contributed by atoms with E-state index in [1.54, 1.807) is 17.8 Å². The van der Waals surface area contributed by atoms with Crippen molar-refractivity contribution in [3.63, 3.8) is 0 Å². The first kappa shape index (κ1) is 18.9. The average Bonchev–Trinajstić information content (AvgIpc) is 3.09. The van der Waals surface area contributed by atoms with Crippen molar-refractivity contribution < 1.29 is 22.8 Å². The Hall–Kier alpha value is -2.84. The van der Waals surface area contributed by atoms with Crippen molar-refractivity contribution >= 4 is 11.8 Å². The first-order valence-corrected chi connectivity index (χ1v) is 8.39. The van der Waals surface area contributed by atoms with Crippen LogP contribution in [-0.2, 0) is 24.6 Å². The van der Waals surface area contributed by atoms with Gasteiger partial charge in [0, 0.05) is 32.3 Å². The third kappa shape index (κ3) is 4.12. The van der Waals surface area contributed by atoms with Crippen LogP contribution in [0.5, 0.6) is 0 Å². The minimum absolute atomic E-state index is 0.0330. The number of hydrogen-bond donors (Lipinski definition) is 1. The van der Waals surface area contributed by atoms with E-state index in [-0.39, 0.29) is 36.7 Å². The third-order valence-electron chi connectivity index (χ3n) is 4.58. The summed E-state index contributed by atoms with van der Waals surface area (Å²) < 4.78 is 40.9. The number of aryl methyl sites for hydroxylation is 2. The van der Waals surface area contributed by atoms with E-state index in [1.165, 1.54) is 23.1 Å². The van der Waals surface area contributed by atoms with Crippen LogP contribution in [0.2, 0.25) is 0 Å². The number of amides is 2. The number of likely N-dealkylation sites (tertiary alicyclic amines) is 1. The topological polar surface area (TPSA) is 67.2 Å². The van der Waals surface area contributed by atoms with Crippen molar-refractivity contribution in [3.8, 4) is 0 Å². The Morgan fingerprint density at radius 3 is 2.67 bits per heavy atom. The number of hydrogen-bond acceptors (Lipinski definition) is 3.